The summed E-state index contributed by atoms with van der Waals surface area (Å²) in [5.41, 5.74) is 1.67. The first kappa shape index (κ1) is 10.4. The van der Waals surface area contributed by atoms with Crippen LogP contribution in [0.2, 0.25) is 10.0 Å². The summed E-state index contributed by atoms with van der Waals surface area (Å²) in [7, 11) is 0. The molecule has 1 aromatic carbocycles. The SMILES string of the molecule is C=C(C)Cc1cc(Cl)cc(Cl)c1O. The molecule has 1 N–H and O–H groups in total. The van der Waals surface area contributed by atoms with Crippen LogP contribution in [0.1, 0.15) is 12.5 Å². The first-order chi connectivity index (χ1) is 6.00. The maximum atomic E-state index is 9.54. The number of phenolic OH excluding ortho intramolecular Hbond substituents is 1. The largest absolute Gasteiger partial charge is 0.506 e. The Morgan fingerprint density at radius 1 is 1.46 bits per heavy atom. The monoisotopic (exact) mass is 216 g/mol. The number of aromatic hydroxyl groups is 1. The minimum absolute atomic E-state index is 0.0917. The third kappa shape index (κ3) is 2.64. The maximum absolute atomic E-state index is 9.54. The van der Waals surface area contributed by atoms with Crippen LogP contribution >= 0.6 is 23.2 Å². The Morgan fingerprint density at radius 2 is 2.08 bits per heavy atom. The fourth-order valence-corrected chi connectivity index (χ4v) is 1.61. The highest BCUT2D eigenvalue weighted by Crippen LogP contribution is 2.32. The van der Waals surface area contributed by atoms with Crippen molar-refractivity contribution in [3.8, 4) is 5.75 Å². The first-order valence-corrected chi connectivity index (χ1v) is 4.57. The van der Waals surface area contributed by atoms with Crippen LogP contribution in [-0.4, -0.2) is 5.11 Å². The van der Waals surface area contributed by atoms with E-state index in [9.17, 15) is 5.11 Å². The normalized spacial score (nSPS) is 10.1. The minimum atomic E-state index is 0.0917. The molecule has 0 bridgehead atoms. The third-order valence-corrected chi connectivity index (χ3v) is 2.11. The molecule has 1 nitrogen and oxygen atoms in total. The molecule has 0 atom stereocenters. The van der Waals surface area contributed by atoms with Crippen LogP contribution in [0.15, 0.2) is 24.3 Å². The molecule has 0 saturated carbocycles. The summed E-state index contributed by atoms with van der Waals surface area (Å²) >= 11 is 11.5. The summed E-state index contributed by atoms with van der Waals surface area (Å²) in [5.74, 6) is 0.0917. The topological polar surface area (TPSA) is 20.2 Å². The van der Waals surface area contributed by atoms with Gasteiger partial charge in [0.05, 0.1) is 5.02 Å². The highest BCUT2D eigenvalue weighted by atomic mass is 35.5. The summed E-state index contributed by atoms with van der Waals surface area (Å²) < 4.78 is 0. The predicted molar refractivity (Wildman–Crippen MR) is 56.6 cm³/mol. The zero-order valence-corrected chi connectivity index (χ0v) is 8.78. The molecule has 0 aromatic heterocycles. The van der Waals surface area contributed by atoms with Crippen molar-refractivity contribution in [2.45, 2.75) is 13.3 Å². The second-order valence-electron chi connectivity index (χ2n) is 3.03. The van der Waals surface area contributed by atoms with E-state index in [1.165, 1.54) is 6.07 Å². The molecule has 0 spiro atoms. The van der Waals surface area contributed by atoms with Crippen LogP contribution in [0, 0.1) is 0 Å². The third-order valence-electron chi connectivity index (χ3n) is 1.60. The molecular weight excluding hydrogens is 207 g/mol. The van der Waals surface area contributed by atoms with Crippen molar-refractivity contribution in [3.63, 3.8) is 0 Å². The summed E-state index contributed by atoms with van der Waals surface area (Å²) in [6.45, 7) is 5.64. The Bertz CT molecular complexity index is 345. The number of allylic oxidation sites excluding steroid dienone is 1. The lowest BCUT2D eigenvalue weighted by atomic mass is 10.1. The fourth-order valence-electron chi connectivity index (χ4n) is 1.08. The Balaban J connectivity index is 3.12. The summed E-state index contributed by atoms with van der Waals surface area (Å²) in [6, 6.07) is 3.21. The van der Waals surface area contributed by atoms with E-state index in [0.717, 1.165) is 5.57 Å². The molecule has 0 amide bonds. The van der Waals surface area contributed by atoms with E-state index in [-0.39, 0.29) is 10.8 Å². The molecule has 0 unspecified atom stereocenters. The van der Waals surface area contributed by atoms with E-state index in [0.29, 0.717) is 17.0 Å². The van der Waals surface area contributed by atoms with Crippen LogP contribution in [0.5, 0.6) is 5.75 Å². The van der Waals surface area contributed by atoms with Gasteiger partial charge in [0, 0.05) is 10.6 Å². The van der Waals surface area contributed by atoms with Gasteiger partial charge < -0.3 is 5.11 Å². The molecular formula is C10H10Cl2O. The van der Waals surface area contributed by atoms with Crippen molar-refractivity contribution < 1.29 is 5.11 Å². The van der Waals surface area contributed by atoms with E-state index in [2.05, 4.69) is 6.58 Å². The first-order valence-electron chi connectivity index (χ1n) is 3.82. The van der Waals surface area contributed by atoms with Crippen LogP contribution in [0.4, 0.5) is 0 Å². The molecule has 0 radical (unpaired) electrons. The van der Waals surface area contributed by atoms with Gasteiger partial charge in [-0.25, -0.2) is 0 Å². The Kier molecular flexibility index (Phi) is 3.23. The standard InChI is InChI=1S/C10H10Cl2O/c1-6(2)3-7-4-8(11)5-9(12)10(7)13/h4-5,13H,1,3H2,2H3. The van der Waals surface area contributed by atoms with Gasteiger partial charge in [0.15, 0.2) is 0 Å². The summed E-state index contributed by atoms with van der Waals surface area (Å²) in [4.78, 5) is 0. The Hall–Kier alpha value is -0.660. The van der Waals surface area contributed by atoms with Crippen LogP contribution in [0.25, 0.3) is 0 Å². The number of halogens is 2. The molecule has 70 valence electrons. The molecule has 0 aliphatic heterocycles. The average molecular weight is 217 g/mol. The fraction of sp³-hybridized carbons (Fsp3) is 0.200. The predicted octanol–water partition coefficient (Wildman–Crippen LogP) is 3.82. The van der Waals surface area contributed by atoms with Gasteiger partial charge in [-0.1, -0.05) is 35.4 Å². The molecule has 0 aliphatic rings. The number of benzene rings is 1. The quantitative estimate of drug-likeness (QED) is 0.746. The number of hydrogen-bond acceptors (Lipinski definition) is 1. The highest BCUT2D eigenvalue weighted by Gasteiger charge is 2.07. The molecule has 0 aliphatic carbocycles. The van der Waals surface area contributed by atoms with E-state index in [1.54, 1.807) is 6.07 Å². The Morgan fingerprint density at radius 3 is 2.62 bits per heavy atom. The minimum Gasteiger partial charge on any atom is -0.506 e. The van der Waals surface area contributed by atoms with Gasteiger partial charge in [-0.05, 0) is 25.5 Å². The highest BCUT2D eigenvalue weighted by molar-refractivity contribution is 6.35. The second kappa shape index (κ2) is 4.03. The van der Waals surface area contributed by atoms with Crippen molar-refractivity contribution in [1.29, 1.82) is 0 Å². The lowest BCUT2D eigenvalue weighted by Gasteiger charge is -2.06. The van der Waals surface area contributed by atoms with Crippen molar-refractivity contribution >= 4 is 23.2 Å². The molecule has 3 heteroatoms. The van der Waals surface area contributed by atoms with Gasteiger partial charge in [0.1, 0.15) is 5.75 Å². The van der Waals surface area contributed by atoms with Crippen molar-refractivity contribution in [2.24, 2.45) is 0 Å². The zero-order valence-electron chi connectivity index (χ0n) is 7.27. The summed E-state index contributed by atoms with van der Waals surface area (Å²) in [5, 5.41) is 10.3. The van der Waals surface area contributed by atoms with Gasteiger partial charge in [0.2, 0.25) is 0 Å². The Labute approximate surface area is 87.6 Å². The number of phenols is 1. The molecule has 1 rings (SSSR count). The number of rotatable bonds is 2. The van der Waals surface area contributed by atoms with Crippen molar-refractivity contribution in [3.05, 3.63) is 39.9 Å². The lowest BCUT2D eigenvalue weighted by Crippen LogP contribution is -1.87. The van der Waals surface area contributed by atoms with E-state index < -0.39 is 0 Å². The van der Waals surface area contributed by atoms with Gasteiger partial charge in [-0.15, -0.1) is 0 Å². The summed E-state index contributed by atoms with van der Waals surface area (Å²) in [6.07, 6.45) is 0.589. The molecule has 0 fully saturated rings. The van der Waals surface area contributed by atoms with Crippen LogP contribution in [0.3, 0.4) is 0 Å². The average Bonchev–Trinajstić information content (AvgIpc) is 1.98. The second-order valence-corrected chi connectivity index (χ2v) is 3.87. The van der Waals surface area contributed by atoms with Crippen LogP contribution < -0.4 is 0 Å². The van der Waals surface area contributed by atoms with E-state index >= 15 is 0 Å². The molecule has 0 saturated heterocycles. The van der Waals surface area contributed by atoms with Gasteiger partial charge in [-0.3, -0.25) is 0 Å². The lowest BCUT2D eigenvalue weighted by molar-refractivity contribution is 0.469. The molecule has 0 heterocycles. The number of hydrogen-bond donors (Lipinski definition) is 1. The van der Waals surface area contributed by atoms with E-state index in [1.807, 2.05) is 6.92 Å². The van der Waals surface area contributed by atoms with Gasteiger partial charge >= 0.3 is 0 Å². The van der Waals surface area contributed by atoms with Gasteiger partial charge in [0.25, 0.3) is 0 Å². The smallest absolute Gasteiger partial charge is 0.137 e. The maximum Gasteiger partial charge on any atom is 0.137 e. The molecule has 1 aromatic rings. The molecule has 13 heavy (non-hydrogen) atoms. The van der Waals surface area contributed by atoms with Crippen molar-refractivity contribution in [1.82, 2.24) is 0 Å². The van der Waals surface area contributed by atoms with E-state index in [4.69, 9.17) is 23.2 Å². The zero-order chi connectivity index (χ0) is 10.0. The van der Waals surface area contributed by atoms with Crippen LogP contribution in [-0.2, 0) is 6.42 Å². The van der Waals surface area contributed by atoms with Crippen molar-refractivity contribution in [2.75, 3.05) is 0 Å². The van der Waals surface area contributed by atoms with Gasteiger partial charge in [-0.2, -0.15) is 0 Å².